The van der Waals surface area contributed by atoms with Crippen LogP contribution in [0.15, 0.2) is 30.9 Å². The van der Waals surface area contributed by atoms with E-state index in [4.69, 9.17) is 14.3 Å². The third-order valence-corrected chi connectivity index (χ3v) is 4.04. The number of fused-ring (bicyclic) bond motifs is 1. The minimum atomic E-state index is -4.72. The summed E-state index contributed by atoms with van der Waals surface area (Å²) in [6, 6.07) is 4.76. The number of nitrogens with zero attached hydrogens (tertiary/aromatic N) is 1. The smallest absolute Gasteiger partial charge is 0.404 e. The van der Waals surface area contributed by atoms with E-state index in [0.717, 1.165) is 10.6 Å². The Morgan fingerprint density at radius 3 is 2.75 bits per heavy atom. The molecule has 2 aromatic rings. The van der Waals surface area contributed by atoms with Gasteiger partial charge in [0.05, 0.1) is 0 Å². The number of phosphoric ester groups is 1. The molecule has 1 aromatic carbocycles. The zero-order valence-corrected chi connectivity index (χ0v) is 14.0. The highest BCUT2D eigenvalue weighted by Crippen LogP contribution is 2.42. The number of nitrogens with one attached hydrogen (secondary N) is 1. The number of H-pyrrole nitrogens is 1. The Bertz CT molecular complexity index is 772. The molecular weight excluding hydrogens is 341 g/mol. The third-order valence-electron chi connectivity index (χ3n) is 3.61. The van der Waals surface area contributed by atoms with Gasteiger partial charge in [0.1, 0.15) is 5.75 Å². The van der Waals surface area contributed by atoms with Crippen molar-refractivity contribution in [3.8, 4) is 5.75 Å². The molecule has 0 aliphatic heterocycles. The van der Waals surface area contributed by atoms with Gasteiger partial charge in [-0.3, -0.25) is 9.79 Å². The Balaban J connectivity index is 2.37. The Morgan fingerprint density at radius 1 is 1.46 bits per heavy atom. The van der Waals surface area contributed by atoms with Crippen molar-refractivity contribution in [1.82, 2.24) is 9.88 Å². The highest BCUT2D eigenvalue weighted by molar-refractivity contribution is 7.46. The average molecular weight is 360 g/mol. The number of alkyl halides is 2. The van der Waals surface area contributed by atoms with Gasteiger partial charge in [-0.1, -0.05) is 12.1 Å². The van der Waals surface area contributed by atoms with Crippen LogP contribution in [0.4, 0.5) is 8.78 Å². The normalized spacial score (nSPS) is 12.3. The van der Waals surface area contributed by atoms with Crippen molar-refractivity contribution in [3.63, 3.8) is 0 Å². The van der Waals surface area contributed by atoms with Crippen LogP contribution in [-0.2, 0) is 11.0 Å². The molecule has 0 aliphatic carbocycles. The molecule has 0 aliphatic rings. The van der Waals surface area contributed by atoms with Crippen LogP contribution < -0.4 is 4.52 Å². The molecule has 1 heterocycles. The van der Waals surface area contributed by atoms with E-state index in [1.54, 1.807) is 19.1 Å². The van der Waals surface area contributed by atoms with E-state index in [-0.39, 0.29) is 25.3 Å². The summed E-state index contributed by atoms with van der Waals surface area (Å²) in [5.74, 6) is 0.0208. The van der Waals surface area contributed by atoms with Gasteiger partial charge in [0, 0.05) is 29.7 Å². The zero-order valence-electron chi connectivity index (χ0n) is 13.1. The van der Waals surface area contributed by atoms with Crippen LogP contribution in [0.25, 0.3) is 10.9 Å². The maximum atomic E-state index is 13.0. The third kappa shape index (κ3) is 4.42. The number of hydrogen-bond donors (Lipinski definition) is 3. The van der Waals surface area contributed by atoms with Crippen molar-refractivity contribution in [1.29, 1.82) is 0 Å². The molecule has 0 bridgehead atoms. The van der Waals surface area contributed by atoms with Crippen molar-refractivity contribution in [2.75, 3.05) is 13.1 Å². The number of rotatable bonds is 8. The molecule has 1 aromatic heterocycles. The Kier molecular flexibility index (Phi) is 5.77. The first-order chi connectivity index (χ1) is 11.2. The van der Waals surface area contributed by atoms with E-state index in [9.17, 15) is 13.3 Å². The molecule has 3 N–H and O–H groups in total. The first-order valence-corrected chi connectivity index (χ1v) is 8.74. The first-order valence-electron chi connectivity index (χ1n) is 7.21. The lowest BCUT2D eigenvalue weighted by atomic mass is 10.1. The number of aromatic nitrogens is 1. The molecule has 0 fully saturated rings. The molecule has 0 atom stereocenters. The Hall–Kier alpha value is -1.73. The molecular formula is C15H19F2N2O4P. The zero-order chi connectivity index (χ0) is 17.9. The number of aromatic amines is 1. The summed E-state index contributed by atoms with van der Waals surface area (Å²) >= 11 is 0. The van der Waals surface area contributed by atoms with E-state index in [2.05, 4.69) is 11.6 Å². The molecule has 0 saturated carbocycles. The van der Waals surface area contributed by atoms with Crippen molar-refractivity contribution < 1.29 is 27.7 Å². The Labute approximate surface area is 138 Å². The van der Waals surface area contributed by atoms with Crippen LogP contribution in [0.2, 0.25) is 0 Å². The summed E-state index contributed by atoms with van der Waals surface area (Å²) in [5, 5.41) is 0.492. The lowest BCUT2D eigenvalue weighted by molar-refractivity contribution is -0.0185. The topological polar surface area (TPSA) is 85.8 Å². The van der Waals surface area contributed by atoms with E-state index in [1.165, 1.54) is 12.1 Å². The molecule has 0 unspecified atom stereocenters. The summed E-state index contributed by atoms with van der Waals surface area (Å²) in [4.78, 5) is 22.1. The molecule has 24 heavy (non-hydrogen) atoms. The molecule has 0 saturated heterocycles. The minimum Gasteiger partial charge on any atom is -0.404 e. The van der Waals surface area contributed by atoms with Gasteiger partial charge in [0.25, 0.3) is 6.55 Å². The molecule has 6 nitrogen and oxygen atoms in total. The van der Waals surface area contributed by atoms with E-state index in [0.29, 0.717) is 16.5 Å². The fourth-order valence-electron chi connectivity index (χ4n) is 2.62. The van der Waals surface area contributed by atoms with Gasteiger partial charge in [-0.2, -0.15) is 8.78 Å². The van der Waals surface area contributed by atoms with Crippen molar-refractivity contribution >= 4 is 18.7 Å². The van der Waals surface area contributed by atoms with Crippen LogP contribution in [0.5, 0.6) is 5.75 Å². The van der Waals surface area contributed by atoms with Gasteiger partial charge < -0.3 is 9.51 Å². The highest BCUT2D eigenvalue weighted by atomic mass is 31.2. The van der Waals surface area contributed by atoms with Gasteiger partial charge in [-0.15, -0.1) is 6.58 Å². The number of aryl methyl sites for hydroxylation is 1. The fraction of sp³-hybridized carbons (Fsp3) is 0.333. The predicted octanol–water partition coefficient (Wildman–Crippen LogP) is 3.20. The number of benzene rings is 1. The molecule has 0 amide bonds. The van der Waals surface area contributed by atoms with Gasteiger partial charge in [0.15, 0.2) is 0 Å². The van der Waals surface area contributed by atoms with Crippen LogP contribution in [-0.4, -0.2) is 39.3 Å². The lowest BCUT2D eigenvalue weighted by Gasteiger charge is -2.19. The van der Waals surface area contributed by atoms with Crippen LogP contribution in [0.1, 0.15) is 11.3 Å². The standard InChI is InChI=1S/C15H19F2N2O4P/c1-3-8-19(15(16)17)9-7-11-10(2)18-12-5-4-6-13(14(11)12)23-24(20,21)22/h3-6,15,18H,1,7-9H2,2H3,(H2,20,21,22). The summed E-state index contributed by atoms with van der Waals surface area (Å²) in [5.41, 5.74) is 2.05. The van der Waals surface area contributed by atoms with Gasteiger partial charge in [0.2, 0.25) is 0 Å². The number of phosphoric acid groups is 1. The maximum Gasteiger partial charge on any atom is 0.524 e. The van der Waals surface area contributed by atoms with Gasteiger partial charge >= 0.3 is 7.82 Å². The summed E-state index contributed by atoms with van der Waals surface area (Å²) in [6.45, 7) is 2.74. The number of halogens is 2. The average Bonchev–Trinajstić information content (AvgIpc) is 2.78. The highest BCUT2D eigenvalue weighted by Gasteiger charge is 2.22. The van der Waals surface area contributed by atoms with E-state index < -0.39 is 14.4 Å². The molecule has 9 heteroatoms. The predicted molar refractivity (Wildman–Crippen MR) is 87.2 cm³/mol. The molecule has 2 rings (SSSR count). The maximum absolute atomic E-state index is 13.0. The minimum absolute atomic E-state index is 0.0208. The lowest BCUT2D eigenvalue weighted by Crippen LogP contribution is -2.31. The van der Waals surface area contributed by atoms with Crippen molar-refractivity contribution in [2.45, 2.75) is 19.9 Å². The van der Waals surface area contributed by atoms with Crippen LogP contribution in [0, 0.1) is 6.92 Å². The van der Waals surface area contributed by atoms with Gasteiger partial charge in [-0.05, 0) is 31.0 Å². The molecule has 0 spiro atoms. The quantitative estimate of drug-likeness (QED) is 0.382. The molecule has 132 valence electrons. The summed E-state index contributed by atoms with van der Waals surface area (Å²) in [6.07, 6.45) is 1.67. The van der Waals surface area contributed by atoms with Crippen LogP contribution >= 0.6 is 7.82 Å². The Morgan fingerprint density at radius 2 is 2.17 bits per heavy atom. The fourth-order valence-corrected chi connectivity index (χ4v) is 3.03. The first kappa shape index (κ1) is 18.6. The van der Waals surface area contributed by atoms with Crippen LogP contribution in [0.3, 0.4) is 0 Å². The SMILES string of the molecule is C=CCN(CCc1c(C)[nH]c2cccc(OP(=O)(O)O)c12)C(F)F. The summed E-state index contributed by atoms with van der Waals surface area (Å²) < 4.78 is 41.8. The monoisotopic (exact) mass is 360 g/mol. The second kappa shape index (κ2) is 7.44. The van der Waals surface area contributed by atoms with E-state index in [1.807, 2.05) is 0 Å². The second-order valence-electron chi connectivity index (χ2n) is 5.30. The van der Waals surface area contributed by atoms with Crippen molar-refractivity contribution in [2.24, 2.45) is 0 Å². The van der Waals surface area contributed by atoms with Gasteiger partial charge in [-0.25, -0.2) is 9.46 Å². The molecule has 0 radical (unpaired) electrons. The number of hydrogen-bond acceptors (Lipinski definition) is 3. The second-order valence-corrected chi connectivity index (χ2v) is 6.46. The summed E-state index contributed by atoms with van der Waals surface area (Å²) in [7, 11) is -4.72. The van der Waals surface area contributed by atoms with E-state index >= 15 is 0 Å². The largest absolute Gasteiger partial charge is 0.524 e. The van der Waals surface area contributed by atoms with Crippen molar-refractivity contribution in [3.05, 3.63) is 42.1 Å².